The van der Waals surface area contributed by atoms with E-state index in [0.717, 1.165) is 35.2 Å². The SMILES string of the molecule is CC1(C)c2ccccc2-c2ccc(-n3c4ccccc4c4cc(O[B]O)ccc43)cc21. The normalized spacial score (nSPS) is 13.9. The fourth-order valence-corrected chi connectivity index (χ4v) is 5.20. The van der Waals surface area contributed by atoms with E-state index in [2.05, 4.69) is 91.2 Å². The van der Waals surface area contributed by atoms with Gasteiger partial charge in [-0.2, -0.15) is 0 Å². The summed E-state index contributed by atoms with van der Waals surface area (Å²) < 4.78 is 7.54. The Morgan fingerprint density at radius 1 is 0.742 bits per heavy atom. The largest absolute Gasteiger partial charge is 0.569 e. The monoisotopic (exact) mass is 402 g/mol. The van der Waals surface area contributed by atoms with Crippen molar-refractivity contribution < 1.29 is 9.68 Å². The van der Waals surface area contributed by atoms with Gasteiger partial charge in [0, 0.05) is 21.9 Å². The van der Waals surface area contributed by atoms with Crippen molar-refractivity contribution in [3.8, 4) is 22.6 Å². The molecule has 0 saturated carbocycles. The summed E-state index contributed by atoms with van der Waals surface area (Å²) >= 11 is 0. The average Bonchev–Trinajstić information content (AvgIpc) is 3.24. The molecule has 31 heavy (non-hydrogen) atoms. The van der Waals surface area contributed by atoms with Crippen LogP contribution in [0.15, 0.2) is 84.9 Å². The third kappa shape index (κ3) is 2.52. The lowest BCUT2D eigenvalue weighted by Crippen LogP contribution is -2.15. The van der Waals surface area contributed by atoms with Gasteiger partial charge >= 0.3 is 7.69 Å². The van der Waals surface area contributed by atoms with Crippen LogP contribution in [0, 0.1) is 0 Å². The molecule has 0 bridgehead atoms. The third-order valence-corrected chi connectivity index (χ3v) is 6.66. The van der Waals surface area contributed by atoms with Crippen LogP contribution in [0.2, 0.25) is 0 Å². The van der Waals surface area contributed by atoms with E-state index < -0.39 is 0 Å². The van der Waals surface area contributed by atoms with Crippen LogP contribution in [0.3, 0.4) is 0 Å². The minimum atomic E-state index is -0.0430. The second kappa shape index (κ2) is 6.50. The number of para-hydroxylation sites is 1. The third-order valence-electron chi connectivity index (χ3n) is 6.66. The number of aromatic nitrogens is 1. The molecule has 0 amide bonds. The Morgan fingerprint density at radius 2 is 1.48 bits per heavy atom. The van der Waals surface area contributed by atoms with Gasteiger partial charge in [-0.25, -0.2) is 0 Å². The molecule has 0 aliphatic heterocycles. The van der Waals surface area contributed by atoms with Gasteiger partial charge in [-0.15, -0.1) is 0 Å². The molecule has 1 aliphatic carbocycles. The predicted octanol–water partition coefficient (Wildman–Crippen LogP) is 6.00. The fourth-order valence-electron chi connectivity index (χ4n) is 5.20. The Hall–Kier alpha value is -3.50. The molecule has 1 N–H and O–H groups in total. The van der Waals surface area contributed by atoms with Crippen molar-refractivity contribution >= 4 is 29.5 Å². The molecule has 0 fully saturated rings. The minimum absolute atomic E-state index is 0.0430. The maximum Gasteiger partial charge on any atom is 0.569 e. The molecular weight excluding hydrogens is 381 g/mol. The zero-order valence-corrected chi connectivity index (χ0v) is 17.5. The highest BCUT2D eigenvalue weighted by atomic mass is 16.5. The van der Waals surface area contributed by atoms with Crippen LogP contribution in [-0.4, -0.2) is 17.3 Å². The van der Waals surface area contributed by atoms with E-state index in [4.69, 9.17) is 9.68 Å². The predicted molar refractivity (Wildman–Crippen MR) is 127 cm³/mol. The number of hydrogen-bond acceptors (Lipinski definition) is 2. The molecule has 0 saturated heterocycles. The van der Waals surface area contributed by atoms with Gasteiger partial charge in [0.15, 0.2) is 0 Å². The van der Waals surface area contributed by atoms with E-state index in [1.54, 1.807) is 0 Å². The topological polar surface area (TPSA) is 34.4 Å². The molecule has 1 radical (unpaired) electrons. The smallest absolute Gasteiger partial charge is 0.537 e. The second-order valence-electron chi connectivity index (χ2n) is 8.66. The lowest BCUT2D eigenvalue weighted by atomic mass is 9.82. The first-order valence-electron chi connectivity index (χ1n) is 10.5. The Morgan fingerprint density at radius 3 is 2.35 bits per heavy atom. The van der Waals surface area contributed by atoms with E-state index in [9.17, 15) is 0 Å². The van der Waals surface area contributed by atoms with Crippen LogP contribution in [-0.2, 0) is 5.41 Å². The molecule has 1 heterocycles. The van der Waals surface area contributed by atoms with Gasteiger partial charge in [-0.1, -0.05) is 62.4 Å². The fraction of sp³-hybridized carbons (Fsp3) is 0.111. The van der Waals surface area contributed by atoms with Gasteiger partial charge in [-0.3, -0.25) is 0 Å². The molecule has 6 rings (SSSR count). The number of hydrogen-bond donors (Lipinski definition) is 1. The van der Waals surface area contributed by atoms with Crippen molar-refractivity contribution in [2.45, 2.75) is 19.3 Å². The molecule has 0 spiro atoms. The number of benzene rings is 4. The minimum Gasteiger partial charge on any atom is -0.537 e. The molecule has 149 valence electrons. The Labute approximate surface area is 181 Å². The Bertz CT molecular complexity index is 1480. The molecule has 0 unspecified atom stereocenters. The Kier molecular flexibility index (Phi) is 3.83. The molecule has 1 aromatic heterocycles. The van der Waals surface area contributed by atoms with Gasteiger partial charge < -0.3 is 14.2 Å². The highest BCUT2D eigenvalue weighted by Crippen LogP contribution is 2.49. The van der Waals surface area contributed by atoms with Crippen LogP contribution in [0.1, 0.15) is 25.0 Å². The number of fused-ring (bicyclic) bond motifs is 6. The average molecular weight is 402 g/mol. The summed E-state index contributed by atoms with van der Waals surface area (Å²) in [4.78, 5) is 0. The van der Waals surface area contributed by atoms with Gasteiger partial charge in [0.2, 0.25) is 0 Å². The van der Waals surface area contributed by atoms with Gasteiger partial charge in [0.1, 0.15) is 5.75 Å². The van der Waals surface area contributed by atoms with Gasteiger partial charge in [0.25, 0.3) is 0 Å². The van der Waals surface area contributed by atoms with Crippen LogP contribution in [0.5, 0.6) is 5.75 Å². The highest BCUT2D eigenvalue weighted by molar-refractivity contribution is 6.17. The molecule has 1 aliphatic rings. The molecule has 3 nitrogen and oxygen atoms in total. The quantitative estimate of drug-likeness (QED) is 0.376. The van der Waals surface area contributed by atoms with E-state index in [0.29, 0.717) is 5.75 Å². The van der Waals surface area contributed by atoms with E-state index >= 15 is 0 Å². The van der Waals surface area contributed by atoms with E-state index in [1.165, 1.54) is 22.3 Å². The lowest BCUT2D eigenvalue weighted by molar-refractivity contribution is 0.454. The van der Waals surface area contributed by atoms with Crippen molar-refractivity contribution in [1.29, 1.82) is 0 Å². The van der Waals surface area contributed by atoms with Crippen molar-refractivity contribution in [2.24, 2.45) is 0 Å². The summed E-state index contributed by atoms with van der Waals surface area (Å²) in [6.07, 6.45) is 0. The summed E-state index contributed by atoms with van der Waals surface area (Å²) in [5, 5.41) is 11.3. The number of rotatable bonds is 3. The van der Waals surface area contributed by atoms with Gasteiger partial charge in [0.05, 0.1) is 11.0 Å². The first kappa shape index (κ1) is 18.3. The number of nitrogens with zero attached hydrogens (tertiary/aromatic N) is 1. The maximum absolute atomic E-state index is 9.05. The molecule has 0 atom stereocenters. The van der Waals surface area contributed by atoms with Crippen LogP contribution >= 0.6 is 0 Å². The molecule has 4 aromatic carbocycles. The first-order chi connectivity index (χ1) is 15.1. The van der Waals surface area contributed by atoms with Crippen molar-refractivity contribution in [3.63, 3.8) is 0 Å². The van der Waals surface area contributed by atoms with Crippen molar-refractivity contribution in [3.05, 3.63) is 96.1 Å². The maximum atomic E-state index is 9.05. The standard InChI is InChI=1S/C27H21BNO2/c1-27(2)23-9-5-3-7-19(23)20-13-11-17(15-24(20)27)29-25-10-6-4-8-21(25)22-16-18(31-28-30)12-14-26(22)29/h3-16,30H,1-2H3. The first-order valence-corrected chi connectivity index (χ1v) is 10.5. The van der Waals surface area contributed by atoms with Crippen molar-refractivity contribution in [1.82, 2.24) is 4.57 Å². The summed E-state index contributed by atoms with van der Waals surface area (Å²) in [5.41, 5.74) is 8.75. The summed E-state index contributed by atoms with van der Waals surface area (Å²) in [6.45, 7) is 4.62. The highest BCUT2D eigenvalue weighted by Gasteiger charge is 2.35. The van der Waals surface area contributed by atoms with Gasteiger partial charge in [-0.05, 0) is 58.7 Å². The second-order valence-corrected chi connectivity index (χ2v) is 8.66. The molecule has 4 heteroatoms. The zero-order valence-electron chi connectivity index (χ0n) is 17.5. The summed E-state index contributed by atoms with van der Waals surface area (Å²) in [6, 6.07) is 29.9. The van der Waals surface area contributed by atoms with Crippen LogP contribution in [0.25, 0.3) is 38.6 Å². The summed E-state index contributed by atoms with van der Waals surface area (Å²) in [7, 11) is 0.723. The van der Waals surface area contributed by atoms with Crippen LogP contribution < -0.4 is 4.65 Å². The Balaban J connectivity index is 1.63. The molecule has 5 aromatic rings. The van der Waals surface area contributed by atoms with Crippen molar-refractivity contribution in [2.75, 3.05) is 0 Å². The molecular formula is C27H21BNO2. The zero-order chi connectivity index (χ0) is 21.2. The lowest BCUT2D eigenvalue weighted by Gasteiger charge is -2.22. The van der Waals surface area contributed by atoms with E-state index in [-0.39, 0.29) is 5.41 Å². The van der Waals surface area contributed by atoms with E-state index in [1.807, 2.05) is 12.1 Å². The van der Waals surface area contributed by atoms with Crippen LogP contribution in [0.4, 0.5) is 0 Å². The summed E-state index contributed by atoms with van der Waals surface area (Å²) in [5.74, 6) is 0.614.